The first-order chi connectivity index (χ1) is 11.8. The molecule has 2 aromatic rings. The molecular weight excluding hydrogens is 310 g/mol. The number of nitrogens with one attached hydrogen (secondary N) is 1. The van der Waals surface area contributed by atoms with Crippen molar-refractivity contribution in [2.24, 2.45) is 0 Å². The molecule has 1 atom stereocenters. The zero-order valence-corrected chi connectivity index (χ0v) is 14.8. The van der Waals surface area contributed by atoms with E-state index in [4.69, 9.17) is 0 Å². The van der Waals surface area contributed by atoms with Crippen LogP contribution < -0.4 is 5.32 Å². The molecule has 3 rings (SSSR count). The van der Waals surface area contributed by atoms with Gasteiger partial charge in [-0.2, -0.15) is 0 Å². The third-order valence-electron chi connectivity index (χ3n) is 4.85. The second kappa shape index (κ2) is 6.34. The lowest BCUT2D eigenvalue weighted by Crippen LogP contribution is -2.46. The first-order valence-electron chi connectivity index (χ1n) is 8.38. The number of amides is 1. The maximum Gasteiger partial charge on any atom is 0.254 e. The van der Waals surface area contributed by atoms with Gasteiger partial charge in [0.1, 0.15) is 0 Å². The number of hydrogen-bond donors (Lipinski definition) is 2. The Morgan fingerprint density at radius 1 is 1.04 bits per heavy atom. The molecule has 0 saturated carbocycles. The minimum absolute atomic E-state index is 0.410. The third-order valence-corrected chi connectivity index (χ3v) is 4.85. The van der Waals surface area contributed by atoms with E-state index in [1.54, 1.807) is 0 Å². The number of rotatable bonds is 4. The summed E-state index contributed by atoms with van der Waals surface area (Å²) in [5, 5.41) is 13.7. The van der Waals surface area contributed by atoms with Crippen LogP contribution in [0.4, 0.5) is 0 Å². The van der Waals surface area contributed by atoms with E-state index in [-0.39, 0.29) is 0 Å². The van der Waals surface area contributed by atoms with E-state index < -0.39 is 17.6 Å². The Labute approximate surface area is 148 Å². The lowest BCUT2D eigenvalue weighted by atomic mass is 9.93. The summed E-state index contributed by atoms with van der Waals surface area (Å²) in [5.74, 6) is -0.410. The first-order valence-corrected chi connectivity index (χ1v) is 8.38. The standard InChI is InChI=1S/C22H23NO2/c1-14-15(2)19(18-13-9-8-12-17(14)18)20(24)21(25)23-22(3,4)16-10-6-5-7-11-16/h5-13,20,24H,1H2,2-4H3,(H,23,25). The SMILES string of the molecule is C=C1C(C)=C(C(O)C(=O)NC(C)(C)c2ccccc2)c2ccccc21. The quantitative estimate of drug-likeness (QED) is 0.891. The molecule has 0 fully saturated rings. The molecule has 1 amide bonds. The van der Waals surface area contributed by atoms with E-state index in [0.29, 0.717) is 5.57 Å². The molecule has 0 saturated heterocycles. The monoisotopic (exact) mass is 333 g/mol. The van der Waals surface area contributed by atoms with Crippen LogP contribution in [0.15, 0.2) is 66.7 Å². The van der Waals surface area contributed by atoms with Crippen LogP contribution in [0.3, 0.4) is 0 Å². The topological polar surface area (TPSA) is 49.3 Å². The zero-order chi connectivity index (χ0) is 18.2. The predicted octanol–water partition coefficient (Wildman–Crippen LogP) is 3.90. The van der Waals surface area contributed by atoms with Crippen LogP contribution in [-0.2, 0) is 10.3 Å². The van der Waals surface area contributed by atoms with Crippen molar-refractivity contribution in [2.45, 2.75) is 32.4 Å². The lowest BCUT2D eigenvalue weighted by Gasteiger charge is -2.28. The summed E-state index contributed by atoms with van der Waals surface area (Å²) in [6, 6.07) is 17.5. The normalized spacial score (nSPS) is 15.1. The summed E-state index contributed by atoms with van der Waals surface area (Å²) in [5.41, 5.74) is 4.62. The Morgan fingerprint density at radius 3 is 2.24 bits per heavy atom. The van der Waals surface area contributed by atoms with Gasteiger partial charge in [0, 0.05) is 5.57 Å². The van der Waals surface area contributed by atoms with E-state index in [0.717, 1.165) is 27.8 Å². The average Bonchev–Trinajstić information content (AvgIpc) is 2.86. The number of benzene rings is 2. The van der Waals surface area contributed by atoms with E-state index in [2.05, 4.69) is 11.9 Å². The number of carbonyl (C=O) groups excluding carboxylic acids is 1. The smallest absolute Gasteiger partial charge is 0.254 e. The molecule has 0 radical (unpaired) electrons. The number of aliphatic hydroxyl groups is 1. The summed E-state index contributed by atoms with van der Waals surface area (Å²) in [6.07, 6.45) is -1.23. The molecule has 128 valence electrons. The predicted molar refractivity (Wildman–Crippen MR) is 102 cm³/mol. The summed E-state index contributed by atoms with van der Waals surface area (Å²) < 4.78 is 0. The van der Waals surface area contributed by atoms with Crippen molar-refractivity contribution >= 4 is 17.1 Å². The van der Waals surface area contributed by atoms with Crippen LogP contribution in [0.5, 0.6) is 0 Å². The highest BCUT2D eigenvalue weighted by Crippen LogP contribution is 2.41. The van der Waals surface area contributed by atoms with Gasteiger partial charge in [-0.1, -0.05) is 61.2 Å². The molecule has 0 bridgehead atoms. The van der Waals surface area contributed by atoms with E-state index in [9.17, 15) is 9.90 Å². The van der Waals surface area contributed by atoms with Crippen LogP contribution >= 0.6 is 0 Å². The van der Waals surface area contributed by atoms with E-state index in [1.807, 2.05) is 75.4 Å². The van der Waals surface area contributed by atoms with Crippen LogP contribution in [0.1, 0.15) is 37.5 Å². The second-order valence-corrected chi connectivity index (χ2v) is 6.95. The fraction of sp³-hybridized carbons (Fsp3) is 0.227. The number of fused-ring (bicyclic) bond motifs is 1. The summed E-state index contributed by atoms with van der Waals surface area (Å²) in [6.45, 7) is 9.84. The largest absolute Gasteiger partial charge is 0.378 e. The highest BCUT2D eigenvalue weighted by molar-refractivity contribution is 6.06. The first kappa shape index (κ1) is 17.2. The molecule has 0 aromatic heterocycles. The lowest BCUT2D eigenvalue weighted by molar-refractivity contribution is -0.128. The van der Waals surface area contributed by atoms with Crippen LogP contribution in [0.25, 0.3) is 11.1 Å². The Kier molecular flexibility index (Phi) is 4.36. The number of carbonyl (C=O) groups is 1. The maximum atomic E-state index is 12.8. The Morgan fingerprint density at radius 2 is 1.60 bits per heavy atom. The van der Waals surface area contributed by atoms with Crippen molar-refractivity contribution in [1.82, 2.24) is 5.32 Å². The number of hydrogen-bond acceptors (Lipinski definition) is 2. The minimum atomic E-state index is -1.23. The fourth-order valence-electron chi connectivity index (χ4n) is 3.33. The summed E-state index contributed by atoms with van der Waals surface area (Å²) in [4.78, 5) is 12.8. The molecule has 0 aliphatic heterocycles. The van der Waals surface area contributed by atoms with E-state index in [1.165, 1.54) is 0 Å². The van der Waals surface area contributed by atoms with Crippen molar-refractivity contribution in [2.75, 3.05) is 0 Å². The molecule has 0 heterocycles. The number of allylic oxidation sites excluding steroid dienone is 2. The molecule has 2 aromatic carbocycles. The average molecular weight is 333 g/mol. The third kappa shape index (κ3) is 3.03. The number of aliphatic hydroxyl groups excluding tert-OH is 1. The Hall–Kier alpha value is -2.65. The molecule has 3 nitrogen and oxygen atoms in total. The molecule has 2 N–H and O–H groups in total. The highest BCUT2D eigenvalue weighted by Gasteiger charge is 2.33. The van der Waals surface area contributed by atoms with Crippen molar-refractivity contribution in [3.63, 3.8) is 0 Å². The van der Waals surface area contributed by atoms with Gasteiger partial charge in [-0.05, 0) is 48.6 Å². The van der Waals surface area contributed by atoms with Crippen LogP contribution in [-0.4, -0.2) is 17.1 Å². The minimum Gasteiger partial charge on any atom is -0.378 e. The molecular formula is C22H23NO2. The van der Waals surface area contributed by atoms with Crippen molar-refractivity contribution in [1.29, 1.82) is 0 Å². The van der Waals surface area contributed by atoms with E-state index >= 15 is 0 Å². The van der Waals surface area contributed by atoms with Gasteiger partial charge < -0.3 is 10.4 Å². The summed E-state index contributed by atoms with van der Waals surface area (Å²) in [7, 11) is 0. The van der Waals surface area contributed by atoms with Gasteiger partial charge in [-0.25, -0.2) is 0 Å². The Bertz CT molecular complexity index is 863. The molecule has 25 heavy (non-hydrogen) atoms. The van der Waals surface area contributed by atoms with Gasteiger partial charge in [0.25, 0.3) is 5.91 Å². The van der Waals surface area contributed by atoms with Gasteiger partial charge >= 0.3 is 0 Å². The summed E-state index contributed by atoms with van der Waals surface area (Å²) >= 11 is 0. The van der Waals surface area contributed by atoms with Crippen molar-refractivity contribution < 1.29 is 9.90 Å². The van der Waals surface area contributed by atoms with Crippen LogP contribution in [0, 0.1) is 0 Å². The second-order valence-electron chi connectivity index (χ2n) is 6.95. The van der Waals surface area contributed by atoms with Gasteiger partial charge in [-0.15, -0.1) is 0 Å². The van der Waals surface area contributed by atoms with Gasteiger partial charge in [0.2, 0.25) is 0 Å². The maximum absolute atomic E-state index is 12.8. The van der Waals surface area contributed by atoms with Crippen molar-refractivity contribution in [3.05, 3.63) is 83.4 Å². The zero-order valence-electron chi connectivity index (χ0n) is 14.8. The van der Waals surface area contributed by atoms with Crippen LogP contribution in [0.2, 0.25) is 0 Å². The molecule has 0 spiro atoms. The molecule has 3 heteroatoms. The van der Waals surface area contributed by atoms with Gasteiger partial charge in [-0.3, -0.25) is 4.79 Å². The highest BCUT2D eigenvalue weighted by atomic mass is 16.3. The molecule has 1 aliphatic rings. The fourth-order valence-corrected chi connectivity index (χ4v) is 3.33. The van der Waals surface area contributed by atoms with Gasteiger partial charge in [0.05, 0.1) is 5.54 Å². The van der Waals surface area contributed by atoms with Crippen molar-refractivity contribution in [3.8, 4) is 0 Å². The molecule has 1 aliphatic carbocycles. The van der Waals surface area contributed by atoms with Gasteiger partial charge in [0.15, 0.2) is 6.10 Å². The Balaban J connectivity index is 1.88. The molecule has 1 unspecified atom stereocenters.